The highest BCUT2D eigenvalue weighted by Crippen LogP contribution is 2.10. The molecule has 0 saturated heterocycles. The number of aliphatic hydroxyl groups excluding tert-OH is 2. The quantitative estimate of drug-likeness (QED) is 0.0954. The first-order chi connectivity index (χ1) is 16.8. The highest BCUT2D eigenvalue weighted by molar-refractivity contribution is 4.81. The molecule has 0 unspecified atom stereocenters. The number of hydrogen-bond donors (Lipinski definition) is 2. The molecule has 34 heavy (non-hydrogen) atoms. The minimum Gasteiger partial charge on any atom is -0.396 e. The Bertz CT molecular complexity index is 375. The van der Waals surface area contributed by atoms with E-state index < -0.39 is 0 Å². The lowest BCUT2D eigenvalue weighted by atomic mass is 10.1. The predicted molar refractivity (Wildman–Crippen MR) is 155 cm³/mol. The molecule has 2 heteroatoms. The van der Waals surface area contributed by atoms with Crippen molar-refractivity contribution in [3.8, 4) is 0 Å². The Morgan fingerprint density at radius 3 is 0.824 bits per heavy atom. The highest BCUT2D eigenvalue weighted by Gasteiger charge is 1.91. The first kappa shape index (κ1) is 35.6. The fourth-order valence-corrected chi connectivity index (χ4v) is 4.01. The number of allylic oxidation sites excluding steroid dienone is 4. The van der Waals surface area contributed by atoms with Crippen molar-refractivity contribution in [2.45, 2.75) is 168 Å². The summed E-state index contributed by atoms with van der Waals surface area (Å²) in [5, 5.41) is 17.3. The van der Waals surface area contributed by atoms with Crippen molar-refractivity contribution >= 4 is 0 Å². The molecular weight excluding hydrogens is 416 g/mol. The van der Waals surface area contributed by atoms with Crippen LogP contribution in [0.1, 0.15) is 168 Å². The van der Waals surface area contributed by atoms with Gasteiger partial charge in [0.15, 0.2) is 0 Å². The zero-order valence-corrected chi connectivity index (χ0v) is 23.6. The monoisotopic (exact) mass is 480 g/mol. The predicted octanol–water partition coefficient (Wildman–Crippen LogP) is 10.5. The van der Waals surface area contributed by atoms with E-state index in [1.807, 2.05) is 0 Å². The minimum atomic E-state index is 0.354. The molecule has 204 valence electrons. The Morgan fingerprint density at radius 2 is 0.559 bits per heavy atom. The van der Waals surface area contributed by atoms with Gasteiger partial charge >= 0.3 is 0 Å². The van der Waals surface area contributed by atoms with E-state index in [1.54, 1.807) is 0 Å². The molecule has 0 aliphatic carbocycles. The lowest BCUT2D eigenvalue weighted by molar-refractivity contribution is 0.282. The van der Waals surface area contributed by atoms with Crippen LogP contribution in [0.4, 0.5) is 0 Å². The molecule has 0 radical (unpaired) electrons. The molecular formula is C32H64O2. The molecule has 0 aromatic carbocycles. The Morgan fingerprint density at radius 1 is 0.324 bits per heavy atom. The normalized spacial score (nSPS) is 11.4. The zero-order valence-electron chi connectivity index (χ0n) is 23.6. The summed E-state index contributed by atoms with van der Waals surface area (Å²) in [6.45, 7) is 5.24. The average Bonchev–Trinajstić information content (AvgIpc) is 2.85. The zero-order chi connectivity index (χ0) is 25.2. The van der Waals surface area contributed by atoms with Crippen LogP contribution in [0.5, 0.6) is 0 Å². The van der Waals surface area contributed by atoms with Crippen LogP contribution in [-0.4, -0.2) is 23.4 Å². The van der Waals surface area contributed by atoms with Crippen LogP contribution in [-0.2, 0) is 0 Å². The van der Waals surface area contributed by atoms with Gasteiger partial charge in [-0.25, -0.2) is 0 Å². The molecule has 0 aromatic rings. The maximum atomic E-state index is 8.66. The van der Waals surface area contributed by atoms with E-state index in [9.17, 15) is 0 Å². The second kappa shape index (κ2) is 37.0. The fraction of sp³-hybridized carbons (Fsp3) is 0.875. The number of rotatable bonds is 26. The van der Waals surface area contributed by atoms with Gasteiger partial charge in [-0.15, -0.1) is 0 Å². The van der Waals surface area contributed by atoms with E-state index in [1.165, 1.54) is 141 Å². The van der Waals surface area contributed by atoms with Crippen LogP contribution >= 0.6 is 0 Å². The minimum absolute atomic E-state index is 0.354. The molecule has 0 amide bonds. The van der Waals surface area contributed by atoms with Gasteiger partial charge < -0.3 is 10.2 Å². The molecule has 2 nitrogen and oxygen atoms in total. The summed E-state index contributed by atoms with van der Waals surface area (Å²) in [5.41, 5.74) is 0. The summed E-state index contributed by atoms with van der Waals surface area (Å²) in [7, 11) is 0. The van der Waals surface area contributed by atoms with Crippen molar-refractivity contribution < 1.29 is 10.2 Å². The van der Waals surface area contributed by atoms with Gasteiger partial charge in [0.2, 0.25) is 0 Å². The summed E-state index contributed by atoms with van der Waals surface area (Å²) < 4.78 is 0. The molecule has 0 aliphatic heterocycles. The van der Waals surface area contributed by atoms with Crippen LogP contribution < -0.4 is 0 Å². The van der Waals surface area contributed by atoms with E-state index in [0.717, 1.165) is 12.8 Å². The Kier molecular flexibility index (Phi) is 38.7. The third-order valence-electron chi connectivity index (χ3n) is 6.34. The number of aliphatic hydroxyl groups is 2. The molecule has 0 aliphatic rings. The second-order valence-corrected chi connectivity index (χ2v) is 9.91. The lowest BCUT2D eigenvalue weighted by Crippen LogP contribution is -1.84. The van der Waals surface area contributed by atoms with E-state index in [-0.39, 0.29) is 0 Å². The van der Waals surface area contributed by atoms with E-state index in [2.05, 4.69) is 38.2 Å². The van der Waals surface area contributed by atoms with Crippen LogP contribution in [0, 0.1) is 0 Å². The van der Waals surface area contributed by atoms with Gasteiger partial charge in [0.25, 0.3) is 0 Å². The molecule has 0 spiro atoms. The first-order valence-electron chi connectivity index (χ1n) is 15.3. The standard InChI is InChI=1S/C18H36O.C14H28O/c1-2-3-4-5-6-7-8-9-10-11-12-13-14-15-16-17-18-19;1-2-3-4-5-6-7-8-9-10-11-12-13-14-15/h7-8,19H,2-6,9-18H2,1H3;7-8,15H,2-6,9-14H2,1H3/b2*8-7+. The molecule has 0 rings (SSSR count). The molecule has 0 fully saturated rings. The molecule has 0 heterocycles. The highest BCUT2D eigenvalue weighted by atomic mass is 16.3. The van der Waals surface area contributed by atoms with Crippen molar-refractivity contribution in [1.82, 2.24) is 0 Å². The van der Waals surface area contributed by atoms with Gasteiger partial charge in [-0.1, -0.05) is 128 Å². The Labute approximate surface area is 215 Å². The Hall–Kier alpha value is -0.600. The van der Waals surface area contributed by atoms with Crippen LogP contribution in [0.2, 0.25) is 0 Å². The van der Waals surface area contributed by atoms with Crippen molar-refractivity contribution in [3.05, 3.63) is 24.3 Å². The largest absolute Gasteiger partial charge is 0.396 e. The number of hydrogen-bond acceptors (Lipinski definition) is 2. The van der Waals surface area contributed by atoms with Gasteiger partial charge in [0.05, 0.1) is 0 Å². The summed E-state index contributed by atoms with van der Waals surface area (Å²) >= 11 is 0. The molecule has 0 saturated carbocycles. The van der Waals surface area contributed by atoms with Gasteiger partial charge in [0, 0.05) is 13.2 Å². The van der Waals surface area contributed by atoms with Gasteiger partial charge in [-0.3, -0.25) is 0 Å². The third kappa shape index (κ3) is 38.7. The summed E-state index contributed by atoms with van der Waals surface area (Å²) in [6, 6.07) is 0. The lowest BCUT2D eigenvalue weighted by Gasteiger charge is -2.00. The van der Waals surface area contributed by atoms with Crippen molar-refractivity contribution in [3.63, 3.8) is 0 Å². The van der Waals surface area contributed by atoms with Crippen LogP contribution in [0.25, 0.3) is 0 Å². The maximum Gasteiger partial charge on any atom is 0.0431 e. The average molecular weight is 481 g/mol. The fourth-order valence-electron chi connectivity index (χ4n) is 4.01. The van der Waals surface area contributed by atoms with Crippen LogP contribution in [0.3, 0.4) is 0 Å². The van der Waals surface area contributed by atoms with E-state index >= 15 is 0 Å². The Balaban J connectivity index is 0. The van der Waals surface area contributed by atoms with E-state index in [4.69, 9.17) is 10.2 Å². The summed E-state index contributed by atoms with van der Waals surface area (Å²) in [6.07, 6.45) is 40.5. The van der Waals surface area contributed by atoms with Gasteiger partial charge in [0.1, 0.15) is 0 Å². The maximum absolute atomic E-state index is 8.66. The van der Waals surface area contributed by atoms with Gasteiger partial charge in [-0.05, 0) is 64.2 Å². The van der Waals surface area contributed by atoms with Crippen molar-refractivity contribution in [1.29, 1.82) is 0 Å². The smallest absolute Gasteiger partial charge is 0.0431 e. The third-order valence-corrected chi connectivity index (χ3v) is 6.34. The van der Waals surface area contributed by atoms with Crippen LogP contribution in [0.15, 0.2) is 24.3 Å². The first-order valence-corrected chi connectivity index (χ1v) is 15.3. The molecule has 0 bridgehead atoms. The topological polar surface area (TPSA) is 40.5 Å². The second-order valence-electron chi connectivity index (χ2n) is 9.91. The molecule has 0 atom stereocenters. The van der Waals surface area contributed by atoms with E-state index in [0.29, 0.717) is 13.2 Å². The van der Waals surface area contributed by atoms with Crippen molar-refractivity contribution in [2.75, 3.05) is 13.2 Å². The molecule has 2 N–H and O–H groups in total. The number of unbranched alkanes of at least 4 members (excludes halogenated alkanes) is 20. The SMILES string of the molecule is CCCCCC/C=C/CCCCCCCCCCO.CCCCCC/C=C/CCCCCCO. The van der Waals surface area contributed by atoms with Gasteiger partial charge in [-0.2, -0.15) is 0 Å². The summed E-state index contributed by atoms with van der Waals surface area (Å²) in [5.74, 6) is 0. The molecule has 0 aromatic heterocycles. The summed E-state index contributed by atoms with van der Waals surface area (Å²) in [4.78, 5) is 0. The van der Waals surface area contributed by atoms with Crippen molar-refractivity contribution in [2.24, 2.45) is 0 Å².